The van der Waals surface area contributed by atoms with Gasteiger partial charge in [0.2, 0.25) is 5.96 Å². The molecule has 0 spiro atoms. The van der Waals surface area contributed by atoms with Crippen molar-refractivity contribution in [1.29, 1.82) is 5.26 Å². The smallest absolute Gasteiger partial charge is 0.304 e. The molecule has 8 heteroatoms. The zero-order chi connectivity index (χ0) is 12.5. The third kappa shape index (κ3) is 5.14. The van der Waals surface area contributed by atoms with Crippen LogP contribution in [0, 0.1) is 11.5 Å². The number of nitriles is 1. The Morgan fingerprint density at radius 3 is 3.06 bits per heavy atom. The highest BCUT2D eigenvalue weighted by molar-refractivity contribution is 7.07. The van der Waals surface area contributed by atoms with Crippen LogP contribution in [-0.4, -0.2) is 31.1 Å². The molecule has 0 aliphatic carbocycles. The fraction of sp³-hybridized carbons (Fsp3) is 0.444. The first-order valence-corrected chi connectivity index (χ1v) is 5.87. The first-order valence-electron chi connectivity index (χ1n) is 4.99. The first-order chi connectivity index (χ1) is 8.26. The fourth-order valence-electron chi connectivity index (χ4n) is 1.12. The third-order valence-electron chi connectivity index (χ3n) is 1.88. The molecule has 0 unspecified atom stereocenters. The summed E-state index contributed by atoms with van der Waals surface area (Å²) in [5.74, 6) is 0.443. The van der Waals surface area contributed by atoms with Crippen LogP contribution in [0.2, 0.25) is 0 Å². The number of aromatic nitrogens is 1. The summed E-state index contributed by atoms with van der Waals surface area (Å²) < 4.78 is 0. The lowest BCUT2D eigenvalue weighted by Crippen LogP contribution is -2.38. The van der Waals surface area contributed by atoms with Crippen molar-refractivity contribution in [3.63, 3.8) is 0 Å². The monoisotopic (exact) mass is 254 g/mol. The van der Waals surface area contributed by atoms with Gasteiger partial charge in [-0.15, -0.1) is 0 Å². The Labute approximate surface area is 103 Å². The Morgan fingerprint density at radius 1 is 1.65 bits per heavy atom. The van der Waals surface area contributed by atoms with E-state index in [2.05, 4.69) is 25.9 Å². The van der Waals surface area contributed by atoms with Crippen molar-refractivity contribution < 1.29 is 0 Å². The lowest BCUT2D eigenvalue weighted by Gasteiger charge is -2.07. The molecule has 1 rings (SSSR count). The second kappa shape index (κ2) is 7.43. The van der Waals surface area contributed by atoms with Crippen LogP contribution < -0.4 is 20.8 Å². The average Bonchev–Trinajstić information content (AvgIpc) is 2.73. The maximum absolute atomic E-state index is 10.8. The maximum atomic E-state index is 10.8. The number of nitrogens with one attached hydrogen (secondary N) is 4. The van der Waals surface area contributed by atoms with Gasteiger partial charge in [-0.1, -0.05) is 11.3 Å². The molecule has 0 saturated carbocycles. The Hall–Kier alpha value is -1.85. The summed E-state index contributed by atoms with van der Waals surface area (Å²) in [6, 6.07) is 0. The molecule has 0 bridgehead atoms. The Kier molecular flexibility index (Phi) is 5.77. The van der Waals surface area contributed by atoms with Crippen LogP contribution in [-0.2, 0) is 6.54 Å². The summed E-state index contributed by atoms with van der Waals surface area (Å²) in [7, 11) is 1.59. The number of hydrogen-bond donors (Lipinski definition) is 4. The van der Waals surface area contributed by atoms with Gasteiger partial charge in [0, 0.05) is 37.8 Å². The molecular formula is C9H14N6OS. The van der Waals surface area contributed by atoms with E-state index in [1.54, 1.807) is 18.6 Å². The zero-order valence-corrected chi connectivity index (χ0v) is 10.2. The van der Waals surface area contributed by atoms with Crippen molar-refractivity contribution >= 4 is 17.3 Å². The maximum Gasteiger partial charge on any atom is 0.304 e. The van der Waals surface area contributed by atoms with Gasteiger partial charge in [-0.3, -0.25) is 15.1 Å². The zero-order valence-electron chi connectivity index (χ0n) is 9.41. The highest BCUT2D eigenvalue weighted by Crippen LogP contribution is 1.93. The standard InChI is InChI=1S/C9H14N6OS/c1-11-8(14-6-10)13-3-2-12-4-7-5-17-9(16)15-7/h5,12H,2-4H2,1H3,(H,15,16)(H2,11,13,14). The van der Waals surface area contributed by atoms with Crippen molar-refractivity contribution in [3.8, 4) is 6.19 Å². The number of rotatable bonds is 5. The van der Waals surface area contributed by atoms with Crippen LogP contribution in [0.5, 0.6) is 0 Å². The normalized spacial score (nSPS) is 10.9. The van der Waals surface area contributed by atoms with Gasteiger partial charge < -0.3 is 15.6 Å². The number of aliphatic imine (C=N–C) groups is 1. The van der Waals surface area contributed by atoms with E-state index in [9.17, 15) is 4.79 Å². The molecule has 1 heterocycles. The van der Waals surface area contributed by atoms with Gasteiger partial charge >= 0.3 is 4.87 Å². The minimum atomic E-state index is -0.0430. The summed E-state index contributed by atoms with van der Waals surface area (Å²) in [6.07, 6.45) is 1.79. The molecular weight excluding hydrogens is 240 g/mol. The van der Waals surface area contributed by atoms with Crippen LogP contribution in [0.4, 0.5) is 0 Å². The molecule has 0 aliphatic heterocycles. The molecule has 1 aromatic rings. The largest absolute Gasteiger partial charge is 0.354 e. The molecule has 1 aromatic heterocycles. The predicted molar refractivity (Wildman–Crippen MR) is 66.8 cm³/mol. The van der Waals surface area contributed by atoms with Crippen molar-refractivity contribution in [1.82, 2.24) is 20.9 Å². The molecule has 0 aliphatic rings. The third-order valence-corrected chi connectivity index (χ3v) is 2.60. The van der Waals surface area contributed by atoms with Crippen molar-refractivity contribution in [2.75, 3.05) is 20.1 Å². The number of aromatic amines is 1. The van der Waals surface area contributed by atoms with Crippen LogP contribution >= 0.6 is 11.3 Å². The van der Waals surface area contributed by atoms with E-state index in [0.29, 0.717) is 25.6 Å². The van der Waals surface area contributed by atoms with Gasteiger partial charge in [0.05, 0.1) is 0 Å². The Bertz CT molecular complexity index is 457. The lowest BCUT2D eigenvalue weighted by atomic mass is 10.5. The summed E-state index contributed by atoms with van der Waals surface area (Å²) in [4.78, 5) is 17.3. The van der Waals surface area contributed by atoms with E-state index < -0.39 is 0 Å². The van der Waals surface area contributed by atoms with Crippen molar-refractivity contribution in [2.45, 2.75) is 6.54 Å². The predicted octanol–water partition coefficient (Wildman–Crippen LogP) is -0.828. The first kappa shape index (κ1) is 13.2. The molecule has 7 nitrogen and oxygen atoms in total. The SMILES string of the molecule is CN=C(NC#N)NCCNCc1csc(=O)[nH]1. The summed E-state index contributed by atoms with van der Waals surface area (Å²) in [6.45, 7) is 1.95. The summed E-state index contributed by atoms with van der Waals surface area (Å²) >= 11 is 1.15. The van der Waals surface area contributed by atoms with Crippen LogP contribution in [0.3, 0.4) is 0 Å². The quantitative estimate of drug-likeness (QED) is 0.180. The van der Waals surface area contributed by atoms with E-state index in [1.165, 1.54) is 0 Å². The Morgan fingerprint density at radius 2 is 2.47 bits per heavy atom. The Balaban J connectivity index is 2.13. The van der Waals surface area contributed by atoms with Gasteiger partial charge in [-0.05, 0) is 0 Å². The average molecular weight is 254 g/mol. The second-order valence-corrected chi connectivity index (χ2v) is 3.93. The molecule has 0 fully saturated rings. The molecule has 0 amide bonds. The minimum Gasteiger partial charge on any atom is -0.354 e. The fourth-order valence-corrected chi connectivity index (χ4v) is 1.71. The molecule has 17 heavy (non-hydrogen) atoms. The van der Waals surface area contributed by atoms with Crippen LogP contribution in [0.25, 0.3) is 0 Å². The highest BCUT2D eigenvalue weighted by Gasteiger charge is 1.96. The van der Waals surface area contributed by atoms with Gasteiger partial charge in [0.25, 0.3) is 0 Å². The number of nitrogens with zero attached hydrogens (tertiary/aromatic N) is 2. The number of thiazole rings is 1. The number of hydrogen-bond acceptors (Lipinski definition) is 5. The van der Waals surface area contributed by atoms with E-state index in [0.717, 1.165) is 17.0 Å². The molecule has 0 saturated heterocycles. The van der Waals surface area contributed by atoms with E-state index >= 15 is 0 Å². The van der Waals surface area contributed by atoms with Crippen LogP contribution in [0.15, 0.2) is 15.2 Å². The van der Waals surface area contributed by atoms with E-state index in [1.807, 2.05) is 0 Å². The summed E-state index contributed by atoms with van der Waals surface area (Å²) in [5, 5.41) is 18.7. The molecule has 92 valence electrons. The second-order valence-electron chi connectivity index (χ2n) is 3.09. The van der Waals surface area contributed by atoms with Gasteiger partial charge in [-0.2, -0.15) is 5.26 Å². The summed E-state index contributed by atoms with van der Waals surface area (Å²) in [5.41, 5.74) is 0.875. The van der Waals surface area contributed by atoms with Gasteiger partial charge in [-0.25, -0.2) is 0 Å². The van der Waals surface area contributed by atoms with Gasteiger partial charge in [0.1, 0.15) is 0 Å². The number of guanidine groups is 1. The van der Waals surface area contributed by atoms with Crippen molar-refractivity contribution in [2.24, 2.45) is 4.99 Å². The molecule has 4 N–H and O–H groups in total. The van der Waals surface area contributed by atoms with E-state index in [-0.39, 0.29) is 4.87 Å². The van der Waals surface area contributed by atoms with Gasteiger partial charge in [0.15, 0.2) is 6.19 Å². The molecule has 0 aromatic carbocycles. The van der Waals surface area contributed by atoms with E-state index in [4.69, 9.17) is 5.26 Å². The topological polar surface area (TPSA) is 105 Å². The molecule has 0 atom stereocenters. The number of H-pyrrole nitrogens is 1. The highest BCUT2D eigenvalue weighted by atomic mass is 32.1. The molecule has 0 radical (unpaired) electrons. The van der Waals surface area contributed by atoms with Crippen LogP contribution in [0.1, 0.15) is 5.69 Å². The lowest BCUT2D eigenvalue weighted by molar-refractivity contribution is 0.660. The minimum absolute atomic E-state index is 0.0430. The van der Waals surface area contributed by atoms with Crippen molar-refractivity contribution in [3.05, 3.63) is 20.7 Å².